The van der Waals surface area contributed by atoms with Crippen LogP contribution in [0.3, 0.4) is 0 Å². The van der Waals surface area contributed by atoms with E-state index >= 15 is 0 Å². The highest BCUT2D eigenvalue weighted by atomic mass is 19.4. The Morgan fingerprint density at radius 3 is 2.04 bits per heavy atom. The van der Waals surface area contributed by atoms with Crippen molar-refractivity contribution in [1.82, 2.24) is 0 Å². The molecule has 2 aliphatic rings. The van der Waals surface area contributed by atoms with Crippen LogP contribution in [0.4, 0.5) is 22.0 Å². The topological polar surface area (TPSA) is 92.6 Å². The zero-order valence-corrected chi connectivity index (χ0v) is 13.4. The van der Waals surface area contributed by atoms with Gasteiger partial charge in [-0.1, -0.05) is 6.92 Å². The SMILES string of the molecule is CCC1(C(=O)[O-])C(C(F)(F)F)N=C(C(F)F)C(C)(C(=O)[O-])C1C1CC1. The average Bonchev–Trinajstić information content (AvgIpc) is 3.28. The van der Waals surface area contributed by atoms with Crippen LogP contribution in [-0.4, -0.2) is 36.3 Å². The van der Waals surface area contributed by atoms with E-state index in [0.717, 1.165) is 13.8 Å². The summed E-state index contributed by atoms with van der Waals surface area (Å²) in [6, 6.07) is -3.00. The van der Waals surface area contributed by atoms with E-state index in [0.29, 0.717) is 0 Å². The summed E-state index contributed by atoms with van der Waals surface area (Å²) in [6.45, 7) is 1.90. The van der Waals surface area contributed by atoms with Crippen molar-refractivity contribution in [3.05, 3.63) is 0 Å². The van der Waals surface area contributed by atoms with Crippen LogP contribution < -0.4 is 10.2 Å². The van der Waals surface area contributed by atoms with Gasteiger partial charge in [-0.15, -0.1) is 0 Å². The van der Waals surface area contributed by atoms with Crippen molar-refractivity contribution < 1.29 is 41.8 Å². The summed E-state index contributed by atoms with van der Waals surface area (Å²) in [5.41, 5.74) is -6.88. The molecule has 25 heavy (non-hydrogen) atoms. The Kier molecular flexibility index (Phi) is 4.63. The van der Waals surface area contributed by atoms with Crippen LogP contribution in [0.15, 0.2) is 4.99 Å². The first-order chi connectivity index (χ1) is 11.3. The lowest BCUT2D eigenvalue weighted by Crippen LogP contribution is -2.69. The molecule has 1 saturated carbocycles. The molecule has 10 heteroatoms. The molecule has 0 N–H and O–H groups in total. The molecule has 1 heterocycles. The van der Waals surface area contributed by atoms with Gasteiger partial charge in [-0.05, 0) is 38.0 Å². The Morgan fingerprint density at radius 1 is 1.24 bits per heavy atom. The maximum Gasteiger partial charge on any atom is 0.411 e. The molecule has 1 fully saturated rings. The van der Waals surface area contributed by atoms with E-state index in [2.05, 4.69) is 4.99 Å². The van der Waals surface area contributed by atoms with Crippen molar-refractivity contribution in [2.24, 2.45) is 27.7 Å². The van der Waals surface area contributed by atoms with Gasteiger partial charge in [0.05, 0.1) is 23.1 Å². The van der Waals surface area contributed by atoms with Crippen LogP contribution >= 0.6 is 0 Å². The zero-order chi connectivity index (χ0) is 19.4. The first-order valence-electron chi connectivity index (χ1n) is 7.71. The number of carboxylic acids is 2. The van der Waals surface area contributed by atoms with Crippen molar-refractivity contribution in [1.29, 1.82) is 0 Å². The number of aliphatic imine (C=N–C) groups is 1. The molecular formula is C15H16F5NO4-2. The highest BCUT2D eigenvalue weighted by Crippen LogP contribution is 2.62. The fourth-order valence-corrected chi connectivity index (χ4v) is 4.23. The molecule has 5 nitrogen and oxygen atoms in total. The molecule has 0 aromatic carbocycles. The maximum atomic E-state index is 13.5. The third-order valence-corrected chi connectivity index (χ3v) is 5.46. The molecule has 4 atom stereocenters. The Balaban J connectivity index is 2.88. The Hall–Kier alpha value is -1.74. The second-order valence-corrected chi connectivity index (χ2v) is 6.75. The molecule has 142 valence electrons. The van der Waals surface area contributed by atoms with Gasteiger partial charge in [0, 0.05) is 5.41 Å². The summed E-state index contributed by atoms with van der Waals surface area (Å²) >= 11 is 0. The lowest BCUT2D eigenvalue weighted by molar-refractivity contribution is -0.339. The number of halogens is 5. The summed E-state index contributed by atoms with van der Waals surface area (Å²) in [6.07, 6.45) is -9.03. The first-order valence-corrected chi connectivity index (χ1v) is 7.71. The highest BCUT2D eigenvalue weighted by molar-refractivity contribution is 6.08. The molecule has 4 unspecified atom stereocenters. The van der Waals surface area contributed by atoms with E-state index in [1.807, 2.05) is 0 Å². The number of rotatable bonds is 5. The van der Waals surface area contributed by atoms with E-state index < -0.39 is 65.4 Å². The van der Waals surface area contributed by atoms with Gasteiger partial charge in [0.25, 0.3) is 6.43 Å². The van der Waals surface area contributed by atoms with E-state index in [-0.39, 0.29) is 12.8 Å². The largest absolute Gasteiger partial charge is 0.549 e. The maximum absolute atomic E-state index is 13.5. The summed E-state index contributed by atoms with van der Waals surface area (Å²) in [5, 5.41) is 23.5. The van der Waals surface area contributed by atoms with Crippen molar-refractivity contribution >= 4 is 17.7 Å². The predicted molar refractivity (Wildman–Crippen MR) is 70.3 cm³/mol. The zero-order valence-electron chi connectivity index (χ0n) is 13.4. The lowest BCUT2D eigenvalue weighted by atomic mass is 9.52. The van der Waals surface area contributed by atoms with E-state index in [4.69, 9.17) is 0 Å². The van der Waals surface area contributed by atoms with Crippen LogP contribution in [-0.2, 0) is 9.59 Å². The number of hydrogen-bond acceptors (Lipinski definition) is 5. The van der Waals surface area contributed by atoms with Gasteiger partial charge in [-0.3, -0.25) is 4.99 Å². The quantitative estimate of drug-likeness (QED) is 0.662. The van der Waals surface area contributed by atoms with E-state index in [1.54, 1.807) is 0 Å². The third-order valence-electron chi connectivity index (χ3n) is 5.46. The van der Waals surface area contributed by atoms with E-state index in [1.165, 1.54) is 0 Å². The molecular weight excluding hydrogens is 353 g/mol. The van der Waals surface area contributed by atoms with E-state index in [9.17, 15) is 41.8 Å². The van der Waals surface area contributed by atoms with Gasteiger partial charge in [-0.2, -0.15) is 13.2 Å². The Bertz CT molecular complexity index is 616. The number of aliphatic carboxylic acids is 2. The van der Waals surface area contributed by atoms with Crippen LogP contribution in [0.25, 0.3) is 0 Å². The fraction of sp³-hybridized carbons (Fsp3) is 0.800. The molecule has 0 bridgehead atoms. The van der Waals surface area contributed by atoms with Gasteiger partial charge in [0.1, 0.15) is 0 Å². The minimum absolute atomic E-state index is 0.240. The van der Waals surface area contributed by atoms with Crippen molar-refractivity contribution in [3.8, 4) is 0 Å². The minimum atomic E-state index is -5.25. The molecule has 0 radical (unpaired) electrons. The lowest BCUT2D eigenvalue weighted by Gasteiger charge is -2.56. The smallest absolute Gasteiger partial charge is 0.411 e. The van der Waals surface area contributed by atoms with Gasteiger partial charge < -0.3 is 19.8 Å². The molecule has 1 aliphatic carbocycles. The normalized spacial score (nSPS) is 36.2. The second-order valence-electron chi connectivity index (χ2n) is 6.75. The van der Waals surface area contributed by atoms with Gasteiger partial charge in [0.2, 0.25) is 0 Å². The van der Waals surface area contributed by atoms with Crippen LogP contribution in [0, 0.1) is 22.7 Å². The van der Waals surface area contributed by atoms with Crippen molar-refractivity contribution in [3.63, 3.8) is 0 Å². The number of carbonyl (C=O) groups is 2. The number of carboxylic acid groups (broad SMARTS) is 2. The minimum Gasteiger partial charge on any atom is -0.549 e. The van der Waals surface area contributed by atoms with Crippen molar-refractivity contribution in [2.75, 3.05) is 0 Å². The molecule has 2 rings (SSSR count). The molecule has 0 saturated heterocycles. The molecule has 0 aromatic rings. The summed E-state index contributed by atoms with van der Waals surface area (Å²) < 4.78 is 67.4. The first kappa shape index (κ1) is 19.6. The summed E-state index contributed by atoms with van der Waals surface area (Å²) in [4.78, 5) is 26.4. The van der Waals surface area contributed by atoms with Crippen LogP contribution in [0.5, 0.6) is 0 Å². The second kappa shape index (κ2) is 5.91. The Morgan fingerprint density at radius 2 is 1.76 bits per heavy atom. The number of nitrogens with zero attached hydrogens (tertiary/aromatic N) is 1. The van der Waals surface area contributed by atoms with Gasteiger partial charge >= 0.3 is 6.18 Å². The van der Waals surface area contributed by atoms with Crippen LogP contribution in [0.1, 0.15) is 33.1 Å². The fourth-order valence-electron chi connectivity index (χ4n) is 4.23. The molecule has 0 spiro atoms. The summed E-state index contributed by atoms with van der Waals surface area (Å²) in [5.74, 6) is -6.73. The van der Waals surface area contributed by atoms with Crippen molar-refractivity contribution in [2.45, 2.75) is 51.8 Å². The molecule has 1 aliphatic heterocycles. The average molecular weight is 369 g/mol. The highest BCUT2D eigenvalue weighted by Gasteiger charge is 2.68. The number of carbonyl (C=O) groups excluding carboxylic acids is 2. The molecule has 0 amide bonds. The number of hydrogen-bond donors (Lipinski definition) is 0. The summed E-state index contributed by atoms with van der Waals surface area (Å²) in [7, 11) is 0. The van der Waals surface area contributed by atoms with Gasteiger partial charge in [0.15, 0.2) is 6.04 Å². The van der Waals surface area contributed by atoms with Crippen LogP contribution in [0.2, 0.25) is 0 Å². The predicted octanol–water partition coefficient (Wildman–Crippen LogP) is 0.566. The number of alkyl halides is 5. The molecule has 0 aromatic heterocycles. The standard InChI is InChI=1S/C15H18F5NO4/c1-3-14(12(24)25)7(6-4-5-6)13(2,11(22)23)8(9(16)17)21-10(14)15(18,19)20/h6-7,9-10H,3-5H2,1-2H3,(H,22,23)(H,24,25)/p-2. The third kappa shape index (κ3) is 2.69. The monoisotopic (exact) mass is 369 g/mol. The van der Waals surface area contributed by atoms with Gasteiger partial charge in [-0.25, -0.2) is 8.78 Å². The Labute approximate surface area is 139 Å².